The number of imide groups is 1. The maximum Gasteiger partial charge on any atom is 0.333 e. The van der Waals surface area contributed by atoms with E-state index in [9.17, 15) is 33.9 Å². The summed E-state index contributed by atoms with van der Waals surface area (Å²) in [6.07, 6.45) is -0.867. The maximum atomic E-state index is 13.5. The van der Waals surface area contributed by atoms with Crippen LogP contribution in [0.5, 0.6) is 0 Å². The summed E-state index contributed by atoms with van der Waals surface area (Å²) >= 11 is 0. The third-order valence-electron chi connectivity index (χ3n) is 7.44. The SMILES string of the molecule is CC(C)c1ccccc1[C@H](NC(=O)[C@H](CC(=O)O)NC(=O)CN1C(=O)NC(c2ccc(CN)cc2)C1=O)C(=O)OCCOCCOCCO. The number of carbonyl (C=O) groups is 6. The fraction of sp³-hybridized carbons (Fsp3) is 0.455. The highest BCUT2D eigenvalue weighted by Crippen LogP contribution is 2.26. The predicted molar refractivity (Wildman–Crippen MR) is 173 cm³/mol. The van der Waals surface area contributed by atoms with Gasteiger partial charge in [0.15, 0.2) is 6.04 Å². The highest BCUT2D eigenvalue weighted by molar-refractivity contribution is 6.07. The largest absolute Gasteiger partial charge is 0.481 e. The lowest BCUT2D eigenvalue weighted by atomic mass is 9.92. The van der Waals surface area contributed by atoms with Crippen molar-refractivity contribution < 1.29 is 53.2 Å². The van der Waals surface area contributed by atoms with Gasteiger partial charge in [-0.05, 0) is 28.2 Å². The Morgan fingerprint density at radius 3 is 2.16 bits per heavy atom. The molecule has 0 aliphatic carbocycles. The lowest BCUT2D eigenvalue weighted by Crippen LogP contribution is -2.52. The second-order valence-corrected chi connectivity index (χ2v) is 11.3. The fourth-order valence-electron chi connectivity index (χ4n) is 4.99. The van der Waals surface area contributed by atoms with Crippen molar-refractivity contribution in [1.82, 2.24) is 20.9 Å². The molecule has 0 spiro atoms. The molecule has 3 rings (SSSR count). The number of rotatable bonds is 20. The van der Waals surface area contributed by atoms with E-state index in [1.807, 2.05) is 13.8 Å². The van der Waals surface area contributed by atoms with Crippen LogP contribution >= 0.6 is 0 Å². The second-order valence-electron chi connectivity index (χ2n) is 11.3. The number of urea groups is 1. The number of amides is 5. The topological polar surface area (TPSA) is 236 Å². The number of aliphatic carboxylic acids is 1. The van der Waals surface area contributed by atoms with E-state index in [2.05, 4.69) is 16.0 Å². The van der Waals surface area contributed by atoms with Crippen LogP contribution in [-0.2, 0) is 44.7 Å². The molecular weight excluding hydrogens is 642 g/mol. The summed E-state index contributed by atoms with van der Waals surface area (Å²) in [4.78, 5) is 77.9. The van der Waals surface area contributed by atoms with Gasteiger partial charge in [0, 0.05) is 6.54 Å². The van der Waals surface area contributed by atoms with Gasteiger partial charge >= 0.3 is 18.0 Å². The average Bonchev–Trinajstić information content (AvgIpc) is 3.35. The van der Waals surface area contributed by atoms with Crippen molar-refractivity contribution in [3.63, 3.8) is 0 Å². The number of benzene rings is 2. The molecule has 0 aromatic heterocycles. The molecule has 1 heterocycles. The number of aliphatic hydroxyl groups excluding tert-OH is 1. The number of carboxylic acids is 1. The Balaban J connectivity index is 1.71. The van der Waals surface area contributed by atoms with E-state index >= 15 is 0 Å². The van der Waals surface area contributed by atoms with Crippen LogP contribution in [0.1, 0.15) is 60.5 Å². The second kappa shape index (κ2) is 19.2. The number of carboxylic acid groups (broad SMARTS) is 1. The van der Waals surface area contributed by atoms with Crippen LogP contribution in [0, 0.1) is 0 Å². The summed E-state index contributed by atoms with van der Waals surface area (Å²) < 4.78 is 15.8. The molecule has 0 saturated carbocycles. The van der Waals surface area contributed by atoms with E-state index in [-0.39, 0.29) is 52.1 Å². The Kier molecular flexibility index (Phi) is 15.1. The number of hydrogen-bond donors (Lipinski definition) is 6. The number of nitrogens with one attached hydrogen (secondary N) is 3. The Morgan fingerprint density at radius 1 is 0.918 bits per heavy atom. The Hall–Kier alpha value is -4.90. The van der Waals surface area contributed by atoms with Crippen molar-refractivity contribution >= 4 is 35.7 Å². The molecule has 0 bridgehead atoms. The van der Waals surface area contributed by atoms with Gasteiger partial charge in [-0.15, -0.1) is 0 Å². The zero-order valence-corrected chi connectivity index (χ0v) is 27.4. The zero-order valence-electron chi connectivity index (χ0n) is 27.4. The van der Waals surface area contributed by atoms with Crippen LogP contribution in [0.15, 0.2) is 48.5 Å². The molecule has 2 aromatic rings. The summed E-state index contributed by atoms with van der Waals surface area (Å²) in [5, 5.41) is 25.6. The molecular formula is C33H43N5O11. The molecule has 49 heavy (non-hydrogen) atoms. The minimum atomic E-state index is -1.69. The van der Waals surface area contributed by atoms with Crippen molar-refractivity contribution in [3.05, 3.63) is 70.8 Å². The van der Waals surface area contributed by atoms with Crippen molar-refractivity contribution in [2.45, 2.75) is 50.9 Å². The molecule has 1 aliphatic rings. The molecule has 1 saturated heterocycles. The Labute approximate surface area is 283 Å². The van der Waals surface area contributed by atoms with E-state index in [0.29, 0.717) is 21.6 Å². The monoisotopic (exact) mass is 685 g/mol. The van der Waals surface area contributed by atoms with Crippen LogP contribution < -0.4 is 21.7 Å². The highest BCUT2D eigenvalue weighted by Gasteiger charge is 2.40. The third kappa shape index (κ3) is 11.3. The number of aliphatic hydroxyl groups is 1. The quantitative estimate of drug-likeness (QED) is 0.0625. The number of ether oxygens (including phenoxy) is 3. The summed E-state index contributed by atoms with van der Waals surface area (Å²) in [6, 6.07) is 8.52. The Bertz CT molecular complexity index is 1470. The van der Waals surface area contributed by atoms with E-state index in [0.717, 1.165) is 5.56 Å². The first-order valence-corrected chi connectivity index (χ1v) is 15.7. The van der Waals surface area contributed by atoms with Gasteiger partial charge in [0.2, 0.25) is 11.8 Å². The van der Waals surface area contributed by atoms with Gasteiger partial charge in [-0.2, -0.15) is 0 Å². The van der Waals surface area contributed by atoms with Gasteiger partial charge in [0.05, 0.1) is 39.5 Å². The van der Waals surface area contributed by atoms with Crippen molar-refractivity contribution in [3.8, 4) is 0 Å². The van der Waals surface area contributed by atoms with E-state index in [1.165, 1.54) is 0 Å². The van der Waals surface area contributed by atoms with E-state index in [4.69, 9.17) is 25.1 Å². The summed E-state index contributed by atoms with van der Waals surface area (Å²) in [7, 11) is 0. The first kappa shape index (κ1) is 38.5. The highest BCUT2D eigenvalue weighted by atomic mass is 16.6. The van der Waals surface area contributed by atoms with E-state index in [1.54, 1.807) is 48.5 Å². The standard InChI is InChI=1S/C33H43N5O11/c1-20(2)23-5-3-4-6-24(23)29(32(45)49-16-15-48-14-13-47-12-11-39)36-30(43)25(17-27(41)42)35-26(40)19-38-31(44)28(37-33(38)46)22-9-7-21(18-34)8-10-22/h3-10,20,25,28-29,39H,11-19,34H2,1-2H3,(H,35,40)(H,36,43)(H,37,46)(H,41,42)/t25-,28?,29-/m0/s1. The van der Waals surface area contributed by atoms with Gasteiger partial charge in [-0.1, -0.05) is 62.4 Å². The Morgan fingerprint density at radius 2 is 1.55 bits per heavy atom. The van der Waals surface area contributed by atoms with Crippen LogP contribution in [0.2, 0.25) is 0 Å². The number of carbonyl (C=O) groups excluding carboxylic acids is 5. The number of nitrogens with two attached hydrogens (primary N) is 1. The molecule has 16 nitrogen and oxygen atoms in total. The van der Waals surface area contributed by atoms with Crippen LogP contribution in [-0.4, -0.2) is 103 Å². The van der Waals surface area contributed by atoms with Crippen LogP contribution in [0.4, 0.5) is 4.79 Å². The smallest absolute Gasteiger partial charge is 0.333 e. The molecule has 7 N–H and O–H groups in total. The zero-order chi connectivity index (χ0) is 35.9. The normalized spacial score (nSPS) is 15.4. The van der Waals surface area contributed by atoms with Crippen LogP contribution in [0.25, 0.3) is 0 Å². The molecule has 1 unspecified atom stereocenters. The first-order valence-electron chi connectivity index (χ1n) is 15.7. The van der Waals surface area contributed by atoms with Gasteiger partial charge in [-0.3, -0.25) is 24.1 Å². The fourth-order valence-corrected chi connectivity index (χ4v) is 4.99. The van der Waals surface area contributed by atoms with Crippen LogP contribution in [0.3, 0.4) is 0 Å². The summed E-state index contributed by atoms with van der Waals surface area (Å²) in [6.45, 7) is 3.57. The minimum absolute atomic E-state index is 0.0150. The van der Waals surface area contributed by atoms with Gasteiger partial charge in [0.1, 0.15) is 25.2 Å². The molecule has 2 aromatic carbocycles. The lowest BCUT2D eigenvalue weighted by Gasteiger charge is -2.25. The third-order valence-corrected chi connectivity index (χ3v) is 7.44. The summed E-state index contributed by atoms with van der Waals surface area (Å²) in [5.41, 5.74) is 8.02. The van der Waals surface area contributed by atoms with Gasteiger partial charge in [0.25, 0.3) is 5.91 Å². The molecule has 1 aliphatic heterocycles. The number of nitrogens with zero attached hydrogens (tertiary/aromatic N) is 1. The van der Waals surface area contributed by atoms with E-state index < -0.39 is 66.8 Å². The molecule has 16 heteroatoms. The van der Waals surface area contributed by atoms with Crippen molar-refractivity contribution in [2.24, 2.45) is 5.73 Å². The van der Waals surface area contributed by atoms with Crippen molar-refractivity contribution in [2.75, 3.05) is 46.2 Å². The van der Waals surface area contributed by atoms with Gasteiger partial charge < -0.3 is 46.1 Å². The summed E-state index contributed by atoms with van der Waals surface area (Å²) in [5.74, 6) is -5.07. The first-order chi connectivity index (χ1) is 23.5. The molecule has 5 amide bonds. The van der Waals surface area contributed by atoms with Crippen molar-refractivity contribution in [1.29, 1.82) is 0 Å². The molecule has 1 fully saturated rings. The minimum Gasteiger partial charge on any atom is -0.481 e. The maximum absolute atomic E-state index is 13.5. The molecule has 0 radical (unpaired) electrons. The number of hydrogen-bond acceptors (Lipinski definition) is 11. The molecule has 3 atom stereocenters. The predicted octanol–water partition coefficient (Wildman–Crippen LogP) is 0.247. The average molecular weight is 686 g/mol. The molecule has 266 valence electrons. The number of esters is 1. The lowest BCUT2D eigenvalue weighted by molar-refractivity contribution is -0.150. The van der Waals surface area contributed by atoms with Gasteiger partial charge in [-0.25, -0.2) is 9.59 Å².